The molecule has 0 aliphatic heterocycles. The Labute approximate surface area is 127 Å². The third-order valence-corrected chi connectivity index (χ3v) is 5.13. The first kappa shape index (κ1) is 10.8. The van der Waals surface area contributed by atoms with Crippen LogP contribution in [0, 0.1) is 0 Å². The van der Waals surface area contributed by atoms with Crippen LogP contribution in [0.5, 0.6) is 0 Å². The predicted molar refractivity (Wildman–Crippen MR) is 96.3 cm³/mol. The highest BCUT2D eigenvalue weighted by Crippen LogP contribution is 2.41. The van der Waals surface area contributed by atoms with Crippen molar-refractivity contribution in [3.63, 3.8) is 0 Å². The van der Waals surface area contributed by atoms with E-state index < -0.39 is 0 Å². The topological polar surface area (TPSA) is 0 Å². The van der Waals surface area contributed by atoms with E-state index in [1.165, 1.54) is 53.9 Å². The van der Waals surface area contributed by atoms with Gasteiger partial charge in [-0.25, -0.2) is 0 Å². The highest BCUT2D eigenvalue weighted by atomic mass is 14.2. The van der Waals surface area contributed by atoms with Gasteiger partial charge in [-0.1, -0.05) is 66.7 Å². The molecule has 0 aliphatic carbocycles. The number of hydrogen-bond donors (Lipinski definition) is 0. The third kappa shape index (κ3) is 1.12. The van der Waals surface area contributed by atoms with Gasteiger partial charge >= 0.3 is 0 Å². The van der Waals surface area contributed by atoms with E-state index in [4.69, 9.17) is 0 Å². The number of benzene rings is 7. The Morgan fingerprint density at radius 3 is 1.73 bits per heavy atom. The van der Waals surface area contributed by atoms with E-state index in [1.54, 1.807) is 0 Å². The Bertz CT molecular complexity index is 1270. The second-order valence-electron chi connectivity index (χ2n) is 6.23. The van der Waals surface area contributed by atoms with Crippen LogP contribution in [-0.4, -0.2) is 0 Å². The molecule has 0 saturated heterocycles. The van der Waals surface area contributed by atoms with Gasteiger partial charge in [0.15, 0.2) is 0 Å². The van der Waals surface area contributed by atoms with Crippen molar-refractivity contribution in [3.8, 4) is 0 Å². The van der Waals surface area contributed by atoms with Gasteiger partial charge in [0, 0.05) is 0 Å². The maximum Gasteiger partial charge on any atom is -0.00201 e. The normalized spacial score (nSPS) is 12.5. The first-order valence-electron chi connectivity index (χ1n) is 7.71. The Morgan fingerprint density at radius 1 is 0.364 bits per heavy atom. The quantitative estimate of drug-likeness (QED) is 0.225. The van der Waals surface area contributed by atoms with Crippen molar-refractivity contribution in [1.29, 1.82) is 0 Å². The summed E-state index contributed by atoms with van der Waals surface area (Å²) >= 11 is 0. The van der Waals surface area contributed by atoms with Crippen LogP contribution in [0.4, 0.5) is 0 Å². The summed E-state index contributed by atoms with van der Waals surface area (Å²) in [5.74, 6) is 0. The maximum atomic E-state index is 2.37. The first-order chi connectivity index (χ1) is 10.9. The SMILES string of the molecule is c1cc2ccc3cc4c5ccc(cc5)c4c4ccc(c1)c2c34. The molecule has 0 nitrogen and oxygen atoms in total. The number of fused-ring (bicyclic) bond motifs is 2. The Morgan fingerprint density at radius 2 is 0.955 bits per heavy atom. The van der Waals surface area contributed by atoms with Gasteiger partial charge in [-0.15, -0.1) is 0 Å². The van der Waals surface area contributed by atoms with E-state index in [1.807, 2.05) is 0 Å². The molecule has 0 aliphatic rings. The molecule has 0 spiro atoms. The summed E-state index contributed by atoms with van der Waals surface area (Å²) in [7, 11) is 0. The first-order valence-corrected chi connectivity index (χ1v) is 7.71. The van der Waals surface area contributed by atoms with E-state index >= 15 is 0 Å². The molecule has 0 aromatic heterocycles. The molecule has 22 heavy (non-hydrogen) atoms. The second kappa shape index (κ2) is 3.48. The van der Waals surface area contributed by atoms with Gasteiger partial charge in [-0.2, -0.15) is 0 Å². The Balaban J connectivity index is 2.08. The number of hydrogen-bond acceptors (Lipinski definition) is 0. The van der Waals surface area contributed by atoms with Crippen LogP contribution in [0.1, 0.15) is 0 Å². The fraction of sp³-hybridized carbons (Fsp3) is 0. The molecule has 0 radical (unpaired) electrons. The molecule has 0 amide bonds. The molecule has 100 valence electrons. The molecule has 0 fully saturated rings. The third-order valence-electron chi connectivity index (χ3n) is 5.13. The molecule has 7 aromatic rings. The van der Waals surface area contributed by atoms with Gasteiger partial charge in [0.2, 0.25) is 0 Å². The van der Waals surface area contributed by atoms with E-state index in [0.29, 0.717) is 0 Å². The molecule has 7 aromatic carbocycles. The number of rotatable bonds is 0. The minimum absolute atomic E-state index is 1.33. The van der Waals surface area contributed by atoms with Crippen molar-refractivity contribution in [3.05, 3.63) is 72.8 Å². The van der Waals surface area contributed by atoms with Gasteiger partial charge in [0.05, 0.1) is 0 Å². The lowest BCUT2D eigenvalue weighted by molar-refractivity contribution is 1.79. The predicted octanol–water partition coefficient (Wildman–Crippen LogP) is 6.33. The van der Waals surface area contributed by atoms with Crippen molar-refractivity contribution in [2.24, 2.45) is 0 Å². The molecule has 7 rings (SSSR count). The minimum atomic E-state index is 1.33. The Hall–Kier alpha value is -2.86. The van der Waals surface area contributed by atoms with Gasteiger partial charge in [-0.3, -0.25) is 0 Å². The lowest BCUT2D eigenvalue weighted by Gasteiger charge is -2.15. The average molecular weight is 276 g/mol. The summed E-state index contributed by atoms with van der Waals surface area (Å²) in [6.07, 6.45) is 0. The highest BCUT2D eigenvalue weighted by molar-refractivity contribution is 6.33. The van der Waals surface area contributed by atoms with Crippen LogP contribution < -0.4 is 0 Å². The fourth-order valence-electron chi connectivity index (χ4n) is 4.17. The molecule has 0 saturated carbocycles. The zero-order valence-electron chi connectivity index (χ0n) is 11.9. The minimum Gasteiger partial charge on any atom is -0.0610 e. The molecule has 0 heterocycles. The molecule has 0 N–H and O–H groups in total. The smallest absolute Gasteiger partial charge is 0.00201 e. The van der Waals surface area contributed by atoms with Crippen LogP contribution >= 0.6 is 0 Å². The summed E-state index contributed by atoms with van der Waals surface area (Å²) in [4.78, 5) is 0. The average Bonchev–Trinajstić information content (AvgIpc) is 2.60. The molecular formula is C22H12. The van der Waals surface area contributed by atoms with Crippen molar-refractivity contribution in [2.75, 3.05) is 0 Å². The van der Waals surface area contributed by atoms with Gasteiger partial charge in [0.1, 0.15) is 0 Å². The summed E-state index contributed by atoms with van der Waals surface area (Å²) in [6, 6.07) is 27.0. The monoisotopic (exact) mass is 276 g/mol. The van der Waals surface area contributed by atoms with Crippen LogP contribution in [0.25, 0.3) is 53.9 Å². The maximum absolute atomic E-state index is 2.37. The van der Waals surface area contributed by atoms with E-state index in [2.05, 4.69) is 72.8 Å². The standard InChI is InChI=1S/C22H12/c1-2-14-8-9-17-12-19-13-4-6-16(7-5-13)21(19)18-11-10-15(3-1)20(14)22(17)18/h1-12H. The van der Waals surface area contributed by atoms with Crippen molar-refractivity contribution in [2.45, 2.75) is 0 Å². The molecule has 0 unspecified atom stereocenters. The zero-order valence-corrected chi connectivity index (χ0v) is 11.9. The molecular weight excluding hydrogens is 264 g/mol. The summed E-state index contributed by atoms with van der Waals surface area (Å²) in [5, 5.41) is 13.7. The van der Waals surface area contributed by atoms with Gasteiger partial charge in [-0.05, 0) is 59.9 Å². The summed E-state index contributed by atoms with van der Waals surface area (Å²) in [6.45, 7) is 0. The lowest BCUT2D eigenvalue weighted by Crippen LogP contribution is -1.87. The highest BCUT2D eigenvalue weighted by Gasteiger charge is 2.13. The van der Waals surface area contributed by atoms with Gasteiger partial charge in [0.25, 0.3) is 0 Å². The van der Waals surface area contributed by atoms with Crippen LogP contribution in [0.15, 0.2) is 72.8 Å². The summed E-state index contributed by atoms with van der Waals surface area (Å²) in [5.41, 5.74) is 0. The fourth-order valence-corrected chi connectivity index (χ4v) is 4.17. The van der Waals surface area contributed by atoms with Crippen molar-refractivity contribution >= 4 is 53.9 Å². The molecule has 0 atom stereocenters. The Kier molecular flexibility index (Phi) is 1.71. The molecule has 0 heteroatoms. The summed E-state index contributed by atoms with van der Waals surface area (Å²) < 4.78 is 0. The molecule has 2 bridgehead atoms. The lowest BCUT2D eigenvalue weighted by atomic mass is 9.88. The van der Waals surface area contributed by atoms with E-state index in [-0.39, 0.29) is 0 Å². The van der Waals surface area contributed by atoms with Crippen molar-refractivity contribution < 1.29 is 0 Å². The largest absolute Gasteiger partial charge is 0.0610 e. The zero-order chi connectivity index (χ0) is 14.3. The second-order valence-corrected chi connectivity index (χ2v) is 6.23. The van der Waals surface area contributed by atoms with Gasteiger partial charge < -0.3 is 0 Å². The van der Waals surface area contributed by atoms with E-state index in [9.17, 15) is 0 Å². The van der Waals surface area contributed by atoms with Crippen LogP contribution in [0.2, 0.25) is 0 Å². The van der Waals surface area contributed by atoms with Crippen LogP contribution in [-0.2, 0) is 0 Å². The van der Waals surface area contributed by atoms with E-state index in [0.717, 1.165) is 0 Å². The van der Waals surface area contributed by atoms with Crippen molar-refractivity contribution in [1.82, 2.24) is 0 Å². The van der Waals surface area contributed by atoms with Crippen LogP contribution in [0.3, 0.4) is 0 Å².